The van der Waals surface area contributed by atoms with Crippen LogP contribution in [0.5, 0.6) is 17.2 Å². The van der Waals surface area contributed by atoms with Crippen molar-refractivity contribution in [3.8, 4) is 17.2 Å². The molecule has 0 radical (unpaired) electrons. The van der Waals surface area contributed by atoms with Crippen molar-refractivity contribution in [2.24, 2.45) is 0 Å². The number of anilines is 2. The van der Waals surface area contributed by atoms with Gasteiger partial charge in [0, 0.05) is 48.6 Å². The average molecular weight is 388 g/mol. The second-order valence-electron chi connectivity index (χ2n) is 7.38. The lowest BCUT2D eigenvalue weighted by atomic mass is 9.77. The summed E-state index contributed by atoms with van der Waals surface area (Å²) >= 11 is 0. The Hall–Kier alpha value is -3.67. The summed E-state index contributed by atoms with van der Waals surface area (Å²) < 4.78 is 17.7. The molecule has 2 heterocycles. The number of nitrogens with zero attached hydrogens (tertiary/aromatic N) is 1. The van der Waals surface area contributed by atoms with Gasteiger partial charge in [-0.1, -0.05) is 18.2 Å². The van der Waals surface area contributed by atoms with Crippen molar-refractivity contribution in [1.82, 2.24) is 0 Å². The van der Waals surface area contributed by atoms with Crippen molar-refractivity contribution in [2.45, 2.75) is 5.60 Å². The van der Waals surface area contributed by atoms with E-state index >= 15 is 0 Å². The van der Waals surface area contributed by atoms with Crippen LogP contribution in [-0.4, -0.2) is 27.2 Å². The molecule has 6 nitrogen and oxygen atoms in total. The Morgan fingerprint density at radius 2 is 1.72 bits per heavy atom. The Kier molecular flexibility index (Phi) is 3.55. The summed E-state index contributed by atoms with van der Waals surface area (Å²) in [5.74, 6) is 1.30. The zero-order valence-corrected chi connectivity index (χ0v) is 16.4. The van der Waals surface area contributed by atoms with Gasteiger partial charge < -0.3 is 24.8 Å². The van der Waals surface area contributed by atoms with E-state index in [0.29, 0.717) is 34.1 Å². The molecule has 3 aromatic rings. The van der Waals surface area contributed by atoms with Crippen molar-refractivity contribution in [1.29, 1.82) is 0 Å². The van der Waals surface area contributed by atoms with Crippen molar-refractivity contribution in [2.75, 3.05) is 31.8 Å². The zero-order valence-electron chi connectivity index (χ0n) is 16.4. The van der Waals surface area contributed by atoms with Crippen LogP contribution in [0, 0.1) is 0 Å². The number of esters is 1. The molecule has 6 heteroatoms. The number of carbonyl (C=O) groups excluding carboxylic acids is 1. The van der Waals surface area contributed by atoms with Crippen molar-refractivity contribution >= 4 is 17.3 Å². The molecular weight excluding hydrogens is 368 g/mol. The molecule has 2 N–H and O–H groups in total. The normalized spacial score (nSPS) is 18.4. The van der Waals surface area contributed by atoms with Crippen molar-refractivity contribution < 1.29 is 19.0 Å². The molecule has 3 aromatic carbocycles. The number of hydrogen-bond acceptors (Lipinski definition) is 6. The van der Waals surface area contributed by atoms with E-state index in [2.05, 4.69) is 0 Å². The molecule has 0 bridgehead atoms. The molecule has 1 unspecified atom stereocenters. The van der Waals surface area contributed by atoms with Crippen LogP contribution in [-0.2, 0) is 10.3 Å². The molecule has 2 aliphatic rings. The maximum Gasteiger partial charge on any atom is 0.340 e. The third kappa shape index (κ3) is 2.26. The van der Waals surface area contributed by atoms with Crippen LogP contribution in [0.15, 0.2) is 54.6 Å². The first-order valence-electron chi connectivity index (χ1n) is 9.26. The predicted molar refractivity (Wildman–Crippen MR) is 110 cm³/mol. The Labute approximate surface area is 168 Å². The number of hydrogen-bond donors (Lipinski definition) is 1. The lowest BCUT2D eigenvalue weighted by Gasteiger charge is -2.37. The summed E-state index contributed by atoms with van der Waals surface area (Å²) in [7, 11) is 5.48. The number of nitrogen functional groups attached to an aromatic ring is 1. The lowest BCUT2D eigenvalue weighted by molar-refractivity contribution is 0.0224. The number of fused-ring (bicyclic) bond motifs is 6. The first kappa shape index (κ1) is 17.4. The fraction of sp³-hybridized carbons (Fsp3) is 0.174. The van der Waals surface area contributed by atoms with Gasteiger partial charge in [0.1, 0.15) is 17.2 Å². The lowest BCUT2D eigenvalue weighted by Crippen LogP contribution is -2.33. The van der Waals surface area contributed by atoms with E-state index in [-0.39, 0.29) is 5.97 Å². The Morgan fingerprint density at radius 3 is 2.48 bits per heavy atom. The largest absolute Gasteiger partial charge is 0.494 e. The number of benzene rings is 3. The maximum absolute atomic E-state index is 12.8. The molecule has 5 rings (SSSR count). The minimum Gasteiger partial charge on any atom is -0.494 e. The van der Waals surface area contributed by atoms with Gasteiger partial charge in [0.2, 0.25) is 0 Å². The number of carbonyl (C=O) groups is 1. The van der Waals surface area contributed by atoms with Crippen LogP contribution in [0.25, 0.3) is 0 Å². The average Bonchev–Trinajstić information content (AvgIpc) is 3.01. The van der Waals surface area contributed by atoms with E-state index in [0.717, 1.165) is 16.8 Å². The Morgan fingerprint density at radius 1 is 0.966 bits per heavy atom. The summed E-state index contributed by atoms with van der Waals surface area (Å²) in [5.41, 5.74) is 9.27. The number of nitrogens with two attached hydrogens (primary N) is 1. The standard InChI is InChI=1S/C23H20N2O4/c1-25(2)13-8-9-16-19(10-13)28-20-12-21(27-3)18(24)11-17(20)23(16)15-7-5-4-6-14(15)22(26)29-23/h4-12H,24H2,1-3H3. The van der Waals surface area contributed by atoms with Gasteiger partial charge in [0.05, 0.1) is 18.4 Å². The monoisotopic (exact) mass is 388 g/mol. The number of rotatable bonds is 2. The van der Waals surface area contributed by atoms with E-state index in [9.17, 15) is 4.79 Å². The van der Waals surface area contributed by atoms with E-state index in [1.54, 1.807) is 25.3 Å². The molecule has 0 saturated carbocycles. The summed E-state index contributed by atoms with van der Waals surface area (Å²) in [5, 5.41) is 0. The molecule has 0 saturated heterocycles. The Balaban J connectivity index is 1.86. The minimum atomic E-state index is -1.12. The highest BCUT2D eigenvalue weighted by Gasteiger charge is 2.53. The SMILES string of the molecule is COc1cc2c(cc1N)C1(OC(=O)c3ccccc31)c1ccc(N(C)C)cc1O2. The minimum absolute atomic E-state index is 0.370. The van der Waals surface area contributed by atoms with Gasteiger partial charge in [-0.25, -0.2) is 4.79 Å². The smallest absolute Gasteiger partial charge is 0.340 e. The molecule has 0 aliphatic carbocycles. The second-order valence-corrected chi connectivity index (χ2v) is 7.38. The fourth-order valence-electron chi connectivity index (χ4n) is 4.16. The van der Waals surface area contributed by atoms with E-state index < -0.39 is 5.60 Å². The summed E-state index contributed by atoms with van der Waals surface area (Å²) in [4.78, 5) is 14.8. The summed E-state index contributed by atoms with van der Waals surface area (Å²) in [6, 6.07) is 16.8. The van der Waals surface area contributed by atoms with Gasteiger partial charge in [-0.15, -0.1) is 0 Å². The molecule has 0 fully saturated rings. The topological polar surface area (TPSA) is 74.0 Å². The molecule has 0 amide bonds. The first-order chi connectivity index (χ1) is 14.0. The molecule has 29 heavy (non-hydrogen) atoms. The van der Waals surface area contributed by atoms with Gasteiger partial charge in [-0.3, -0.25) is 0 Å². The summed E-state index contributed by atoms with van der Waals surface area (Å²) in [6.07, 6.45) is 0. The second kappa shape index (κ2) is 5.91. The number of ether oxygens (including phenoxy) is 3. The van der Waals surface area contributed by atoms with E-state index in [4.69, 9.17) is 19.9 Å². The van der Waals surface area contributed by atoms with E-state index in [1.165, 1.54) is 0 Å². The van der Waals surface area contributed by atoms with Gasteiger partial charge in [-0.2, -0.15) is 0 Å². The van der Waals surface area contributed by atoms with E-state index in [1.807, 2.05) is 55.4 Å². The van der Waals surface area contributed by atoms with Gasteiger partial charge in [0.15, 0.2) is 5.60 Å². The van der Waals surface area contributed by atoms with Gasteiger partial charge in [0.25, 0.3) is 0 Å². The highest BCUT2D eigenvalue weighted by molar-refractivity contribution is 5.97. The first-order valence-corrected chi connectivity index (χ1v) is 9.26. The van der Waals surface area contributed by atoms with Crippen LogP contribution in [0.3, 0.4) is 0 Å². The molecule has 2 aliphatic heterocycles. The van der Waals surface area contributed by atoms with Crippen LogP contribution in [0.1, 0.15) is 27.0 Å². The third-order valence-corrected chi connectivity index (χ3v) is 5.56. The third-order valence-electron chi connectivity index (χ3n) is 5.56. The Bertz CT molecular complexity index is 1170. The number of methoxy groups -OCH3 is 1. The fourth-order valence-corrected chi connectivity index (χ4v) is 4.16. The van der Waals surface area contributed by atoms with Crippen LogP contribution >= 0.6 is 0 Å². The molecule has 146 valence electrons. The summed E-state index contributed by atoms with van der Waals surface area (Å²) in [6.45, 7) is 0. The predicted octanol–water partition coefficient (Wildman–Crippen LogP) is 3.91. The van der Waals surface area contributed by atoms with Crippen molar-refractivity contribution in [3.63, 3.8) is 0 Å². The molecule has 0 aromatic heterocycles. The maximum atomic E-state index is 12.8. The van der Waals surface area contributed by atoms with Gasteiger partial charge in [-0.05, 0) is 24.3 Å². The quantitative estimate of drug-likeness (QED) is 0.530. The molecule has 1 spiro atoms. The molecular formula is C23H20N2O4. The van der Waals surface area contributed by atoms with Crippen LogP contribution < -0.4 is 20.1 Å². The van der Waals surface area contributed by atoms with Gasteiger partial charge >= 0.3 is 5.97 Å². The molecule has 1 atom stereocenters. The van der Waals surface area contributed by atoms with Crippen LogP contribution in [0.2, 0.25) is 0 Å². The van der Waals surface area contributed by atoms with Crippen LogP contribution in [0.4, 0.5) is 11.4 Å². The highest BCUT2D eigenvalue weighted by atomic mass is 16.6. The zero-order chi connectivity index (χ0) is 20.3. The highest BCUT2D eigenvalue weighted by Crippen LogP contribution is 2.57. The van der Waals surface area contributed by atoms with Crippen molar-refractivity contribution in [3.05, 3.63) is 76.9 Å².